The molecule has 4 rings (SSSR count). The molecule has 7 nitrogen and oxygen atoms in total. The third kappa shape index (κ3) is 1.90. The van der Waals surface area contributed by atoms with Gasteiger partial charge in [0.25, 0.3) is 11.8 Å². The van der Waals surface area contributed by atoms with E-state index in [-0.39, 0.29) is 16.8 Å². The third-order valence-electron chi connectivity index (χ3n) is 3.75. The van der Waals surface area contributed by atoms with Crippen molar-refractivity contribution in [1.82, 2.24) is 15.3 Å². The summed E-state index contributed by atoms with van der Waals surface area (Å²) in [7, 11) is 0. The number of imide groups is 1. The fraction of sp³-hybridized carbons (Fsp3) is 0.200. The van der Waals surface area contributed by atoms with Crippen LogP contribution in [0.25, 0.3) is 0 Å². The number of hydrogen-bond acceptors (Lipinski definition) is 5. The van der Waals surface area contributed by atoms with Crippen molar-refractivity contribution in [2.75, 3.05) is 0 Å². The van der Waals surface area contributed by atoms with Gasteiger partial charge >= 0.3 is 5.97 Å². The quantitative estimate of drug-likeness (QED) is 0.870. The van der Waals surface area contributed by atoms with Gasteiger partial charge in [-0.3, -0.25) is 14.7 Å². The molecule has 7 heteroatoms. The number of aromatic amines is 1. The number of amides is 2. The third-order valence-corrected chi connectivity index (χ3v) is 3.75. The van der Waals surface area contributed by atoms with Crippen LogP contribution in [0.3, 0.4) is 0 Å². The molecule has 1 fully saturated rings. The van der Waals surface area contributed by atoms with Crippen molar-refractivity contribution in [2.45, 2.75) is 18.8 Å². The molecule has 0 radical (unpaired) electrons. The average molecular weight is 297 g/mol. The molecule has 22 heavy (non-hydrogen) atoms. The maximum Gasteiger partial charge on any atom is 0.384 e. The summed E-state index contributed by atoms with van der Waals surface area (Å²) in [6, 6.07) is 7.92. The molecule has 2 aromatic rings. The lowest BCUT2D eigenvalue weighted by Gasteiger charge is -2.11. The molecule has 2 aliphatic rings. The second kappa shape index (κ2) is 4.52. The number of carbonyl (C=O) groups is 3. The van der Waals surface area contributed by atoms with Gasteiger partial charge in [0.05, 0.1) is 11.1 Å². The Hall–Kier alpha value is -2.96. The fourth-order valence-electron chi connectivity index (χ4n) is 2.42. The second-order valence-corrected chi connectivity index (χ2v) is 5.31. The zero-order valence-electron chi connectivity index (χ0n) is 11.4. The summed E-state index contributed by atoms with van der Waals surface area (Å²) in [5.74, 6) is -1.72. The van der Waals surface area contributed by atoms with E-state index in [0.717, 1.165) is 18.5 Å². The number of aromatic nitrogens is 2. The van der Waals surface area contributed by atoms with Crippen LogP contribution in [0.4, 0.5) is 0 Å². The molecule has 1 aliphatic heterocycles. The van der Waals surface area contributed by atoms with Crippen LogP contribution in [0.5, 0.6) is 0 Å². The molecule has 1 aromatic heterocycles. The van der Waals surface area contributed by atoms with Gasteiger partial charge in [0.1, 0.15) is 0 Å². The highest BCUT2D eigenvalue weighted by Gasteiger charge is 2.39. The van der Waals surface area contributed by atoms with E-state index in [1.54, 1.807) is 18.2 Å². The average Bonchev–Trinajstić information content (AvgIpc) is 3.22. The summed E-state index contributed by atoms with van der Waals surface area (Å²) < 4.78 is 0. The number of nitrogens with one attached hydrogen (secondary N) is 1. The van der Waals surface area contributed by atoms with Gasteiger partial charge < -0.3 is 4.84 Å². The van der Waals surface area contributed by atoms with Gasteiger partial charge in [0.15, 0.2) is 5.69 Å². The number of hydrogen-bond donors (Lipinski definition) is 1. The summed E-state index contributed by atoms with van der Waals surface area (Å²) in [6.07, 6.45) is 2.13. The highest BCUT2D eigenvalue weighted by Crippen LogP contribution is 2.39. The molecule has 0 bridgehead atoms. The van der Waals surface area contributed by atoms with Crippen molar-refractivity contribution in [3.8, 4) is 0 Å². The Morgan fingerprint density at radius 3 is 2.41 bits per heavy atom. The predicted molar refractivity (Wildman–Crippen MR) is 72.9 cm³/mol. The SMILES string of the molecule is O=C(ON1C(=O)c2ccccc2C1=O)c1cc(C2CC2)[nH]n1. The van der Waals surface area contributed by atoms with E-state index in [4.69, 9.17) is 4.84 Å². The number of hydroxylamine groups is 2. The minimum absolute atomic E-state index is 0.0541. The molecule has 110 valence electrons. The van der Waals surface area contributed by atoms with E-state index < -0.39 is 17.8 Å². The summed E-state index contributed by atoms with van der Waals surface area (Å²) in [4.78, 5) is 41.2. The van der Waals surface area contributed by atoms with Crippen molar-refractivity contribution in [1.29, 1.82) is 0 Å². The minimum atomic E-state index is -0.836. The number of rotatable bonds is 3. The lowest BCUT2D eigenvalue weighted by molar-refractivity contribution is -0.0588. The highest BCUT2D eigenvalue weighted by molar-refractivity contribution is 6.21. The largest absolute Gasteiger partial charge is 0.384 e. The zero-order chi connectivity index (χ0) is 15.3. The lowest BCUT2D eigenvalue weighted by atomic mass is 10.1. The first-order valence-corrected chi connectivity index (χ1v) is 6.90. The molecule has 1 saturated carbocycles. The Labute approximate surface area is 124 Å². The Morgan fingerprint density at radius 2 is 1.82 bits per heavy atom. The van der Waals surface area contributed by atoms with Crippen LogP contribution in [0, 0.1) is 0 Å². The van der Waals surface area contributed by atoms with Crippen LogP contribution < -0.4 is 0 Å². The van der Waals surface area contributed by atoms with E-state index in [1.165, 1.54) is 12.1 Å². The molecule has 0 unspecified atom stereocenters. The summed E-state index contributed by atoms with van der Waals surface area (Å²) >= 11 is 0. The summed E-state index contributed by atoms with van der Waals surface area (Å²) in [5.41, 5.74) is 1.37. The Bertz CT molecular complexity index is 772. The van der Waals surface area contributed by atoms with Crippen LogP contribution in [-0.4, -0.2) is 33.0 Å². The number of carbonyl (C=O) groups excluding carboxylic acids is 3. The molecule has 2 heterocycles. The molecule has 0 atom stereocenters. The maximum absolute atomic E-state index is 12.1. The minimum Gasteiger partial charge on any atom is -0.322 e. The van der Waals surface area contributed by atoms with Crippen molar-refractivity contribution >= 4 is 17.8 Å². The zero-order valence-corrected chi connectivity index (χ0v) is 11.4. The number of nitrogens with zero attached hydrogens (tertiary/aromatic N) is 2. The van der Waals surface area contributed by atoms with Gasteiger partial charge in [-0.25, -0.2) is 4.79 Å². The van der Waals surface area contributed by atoms with Gasteiger partial charge in [-0.15, -0.1) is 0 Å². The predicted octanol–water partition coefficient (Wildman–Crippen LogP) is 1.66. The number of H-pyrrole nitrogens is 1. The van der Waals surface area contributed by atoms with Crippen LogP contribution in [-0.2, 0) is 4.84 Å². The van der Waals surface area contributed by atoms with Gasteiger partial charge in [0, 0.05) is 11.6 Å². The van der Waals surface area contributed by atoms with Gasteiger partial charge in [-0.2, -0.15) is 5.10 Å². The standard InChI is InChI=1S/C15H11N3O4/c19-13-9-3-1-2-4-10(9)14(20)18(13)22-15(21)12-7-11(16-17-12)8-5-6-8/h1-4,7-8H,5-6H2,(H,16,17). The monoisotopic (exact) mass is 297 g/mol. The van der Waals surface area contributed by atoms with Gasteiger partial charge in [0.2, 0.25) is 0 Å². The van der Waals surface area contributed by atoms with E-state index in [9.17, 15) is 14.4 Å². The van der Waals surface area contributed by atoms with Crippen LogP contribution >= 0.6 is 0 Å². The van der Waals surface area contributed by atoms with Gasteiger partial charge in [-0.05, 0) is 31.0 Å². The first-order valence-electron chi connectivity index (χ1n) is 6.90. The van der Waals surface area contributed by atoms with E-state index >= 15 is 0 Å². The topological polar surface area (TPSA) is 92.4 Å². The molecular weight excluding hydrogens is 286 g/mol. The summed E-state index contributed by atoms with van der Waals surface area (Å²) in [5, 5.41) is 7.13. The summed E-state index contributed by atoms with van der Waals surface area (Å²) in [6.45, 7) is 0. The molecular formula is C15H11N3O4. The first-order chi connectivity index (χ1) is 10.6. The number of fused-ring (bicyclic) bond motifs is 1. The van der Waals surface area contributed by atoms with Crippen molar-refractivity contribution in [3.05, 3.63) is 52.8 Å². The van der Waals surface area contributed by atoms with Crippen LogP contribution in [0.15, 0.2) is 30.3 Å². The van der Waals surface area contributed by atoms with Crippen LogP contribution in [0.1, 0.15) is 55.7 Å². The van der Waals surface area contributed by atoms with Gasteiger partial charge in [-0.1, -0.05) is 17.2 Å². The molecule has 0 spiro atoms. The first kappa shape index (κ1) is 12.8. The van der Waals surface area contributed by atoms with Crippen molar-refractivity contribution < 1.29 is 19.2 Å². The van der Waals surface area contributed by atoms with E-state index in [0.29, 0.717) is 11.0 Å². The normalized spacial score (nSPS) is 16.8. The Morgan fingerprint density at radius 1 is 1.18 bits per heavy atom. The van der Waals surface area contributed by atoms with Crippen molar-refractivity contribution in [2.24, 2.45) is 0 Å². The van der Waals surface area contributed by atoms with E-state index in [1.807, 2.05) is 0 Å². The Balaban J connectivity index is 1.55. The smallest absolute Gasteiger partial charge is 0.322 e. The maximum atomic E-state index is 12.1. The molecule has 1 N–H and O–H groups in total. The fourth-order valence-corrected chi connectivity index (χ4v) is 2.42. The Kier molecular flexibility index (Phi) is 2.62. The lowest BCUT2D eigenvalue weighted by Crippen LogP contribution is -2.32. The molecule has 2 amide bonds. The molecule has 1 aromatic carbocycles. The molecule has 0 saturated heterocycles. The highest BCUT2D eigenvalue weighted by atomic mass is 16.7. The van der Waals surface area contributed by atoms with Crippen molar-refractivity contribution in [3.63, 3.8) is 0 Å². The number of benzene rings is 1. The van der Waals surface area contributed by atoms with E-state index in [2.05, 4.69) is 10.2 Å². The van der Waals surface area contributed by atoms with Crippen LogP contribution in [0.2, 0.25) is 0 Å². The molecule has 1 aliphatic carbocycles. The second-order valence-electron chi connectivity index (χ2n) is 5.31.